The molecule has 1 unspecified atom stereocenters. The van der Waals surface area contributed by atoms with Crippen molar-refractivity contribution in [1.82, 2.24) is 14.1 Å². The quantitative estimate of drug-likeness (QED) is 0.856. The third kappa shape index (κ3) is 2.68. The van der Waals surface area contributed by atoms with Gasteiger partial charge in [0.15, 0.2) is 15.8 Å². The Morgan fingerprint density at radius 2 is 2.15 bits per heavy atom. The van der Waals surface area contributed by atoms with Gasteiger partial charge in [-0.3, -0.25) is 4.40 Å². The number of fused-ring (bicyclic) bond motifs is 1. The minimum absolute atomic E-state index is 0.0890. The van der Waals surface area contributed by atoms with E-state index in [2.05, 4.69) is 15.0 Å². The number of sulfonamides is 1. The molecule has 2 N–H and O–H groups in total. The maximum absolute atomic E-state index is 12.7. The highest BCUT2D eigenvalue weighted by atomic mass is 32.2. The van der Waals surface area contributed by atoms with E-state index in [1.54, 1.807) is 17.6 Å². The molecule has 0 bridgehead atoms. The van der Waals surface area contributed by atoms with E-state index in [1.165, 1.54) is 11.3 Å². The average molecular weight is 316 g/mol. The van der Waals surface area contributed by atoms with Crippen LogP contribution in [-0.4, -0.2) is 30.9 Å². The predicted octanol–water partition coefficient (Wildman–Crippen LogP) is 2.15. The Hall–Kier alpha value is -1.12. The van der Waals surface area contributed by atoms with Crippen LogP contribution in [0.15, 0.2) is 16.6 Å². The zero-order chi connectivity index (χ0) is 14.9. The third-order valence-corrected chi connectivity index (χ3v) is 5.53. The van der Waals surface area contributed by atoms with Gasteiger partial charge in [-0.05, 0) is 12.3 Å². The van der Waals surface area contributed by atoms with Crippen molar-refractivity contribution < 1.29 is 8.42 Å². The van der Waals surface area contributed by atoms with E-state index in [0.29, 0.717) is 10.8 Å². The van der Waals surface area contributed by atoms with Crippen LogP contribution in [0.5, 0.6) is 0 Å². The molecule has 0 saturated heterocycles. The van der Waals surface area contributed by atoms with Gasteiger partial charge in [-0.25, -0.2) is 18.1 Å². The molecule has 0 amide bonds. The lowest BCUT2D eigenvalue weighted by atomic mass is 10.0. The molecule has 2 aromatic heterocycles. The summed E-state index contributed by atoms with van der Waals surface area (Å²) in [6.07, 6.45) is 2.47. The first-order valence-corrected chi connectivity index (χ1v) is 8.92. The van der Waals surface area contributed by atoms with Gasteiger partial charge in [0.05, 0.1) is 0 Å². The SMILES string of the molecule is CCC(NS(=O)(=O)c1c(NC)nc2sccn12)C(C)C. The van der Waals surface area contributed by atoms with E-state index in [9.17, 15) is 8.42 Å². The number of aromatic nitrogens is 2. The fourth-order valence-electron chi connectivity index (χ4n) is 2.13. The number of hydrogen-bond donors (Lipinski definition) is 2. The second-order valence-corrected chi connectivity index (χ2v) is 7.45. The lowest BCUT2D eigenvalue weighted by Gasteiger charge is -2.20. The van der Waals surface area contributed by atoms with Gasteiger partial charge < -0.3 is 5.32 Å². The minimum Gasteiger partial charge on any atom is -0.371 e. The van der Waals surface area contributed by atoms with Gasteiger partial charge in [-0.1, -0.05) is 20.8 Å². The normalized spacial score (nSPS) is 14.1. The standard InChI is InChI=1S/C12H20N4O2S2/c1-5-9(8(2)3)15-20(17,18)11-10(13-4)14-12-16(11)6-7-19-12/h6-9,13,15H,5H2,1-4H3. The molecule has 0 aromatic carbocycles. The Morgan fingerprint density at radius 3 is 2.70 bits per heavy atom. The largest absolute Gasteiger partial charge is 0.371 e. The van der Waals surface area contributed by atoms with Crippen molar-refractivity contribution in [2.24, 2.45) is 5.92 Å². The van der Waals surface area contributed by atoms with E-state index in [0.717, 1.165) is 6.42 Å². The number of nitrogens with one attached hydrogen (secondary N) is 2. The molecular formula is C12H20N4O2S2. The minimum atomic E-state index is -3.62. The summed E-state index contributed by atoms with van der Waals surface area (Å²) < 4.78 is 29.7. The molecule has 2 aromatic rings. The monoisotopic (exact) mass is 316 g/mol. The lowest BCUT2D eigenvalue weighted by molar-refractivity contribution is 0.436. The van der Waals surface area contributed by atoms with E-state index in [1.807, 2.05) is 26.2 Å². The zero-order valence-corrected chi connectivity index (χ0v) is 13.7. The summed E-state index contributed by atoms with van der Waals surface area (Å²) in [7, 11) is -1.95. The van der Waals surface area contributed by atoms with Gasteiger partial charge >= 0.3 is 0 Å². The predicted molar refractivity (Wildman–Crippen MR) is 81.9 cm³/mol. The van der Waals surface area contributed by atoms with E-state index >= 15 is 0 Å². The molecule has 6 nitrogen and oxygen atoms in total. The summed E-state index contributed by atoms with van der Waals surface area (Å²) in [5.74, 6) is 0.613. The molecule has 2 rings (SSSR count). The molecule has 8 heteroatoms. The molecule has 0 fully saturated rings. The van der Waals surface area contributed by atoms with Gasteiger partial charge in [0.1, 0.15) is 0 Å². The third-order valence-electron chi connectivity index (χ3n) is 3.26. The molecule has 20 heavy (non-hydrogen) atoms. The summed E-state index contributed by atoms with van der Waals surface area (Å²) in [5.41, 5.74) is 0. The second kappa shape index (κ2) is 5.71. The zero-order valence-electron chi connectivity index (χ0n) is 12.0. The molecular weight excluding hydrogens is 296 g/mol. The number of thiazole rings is 1. The molecule has 0 aliphatic carbocycles. The highest BCUT2D eigenvalue weighted by Crippen LogP contribution is 2.26. The summed E-state index contributed by atoms with van der Waals surface area (Å²) >= 11 is 1.40. The highest BCUT2D eigenvalue weighted by molar-refractivity contribution is 7.89. The van der Waals surface area contributed by atoms with Gasteiger partial charge in [0, 0.05) is 24.7 Å². The van der Waals surface area contributed by atoms with Crippen LogP contribution in [-0.2, 0) is 10.0 Å². The maximum atomic E-state index is 12.7. The van der Waals surface area contributed by atoms with Crippen molar-refractivity contribution in [2.75, 3.05) is 12.4 Å². The van der Waals surface area contributed by atoms with Crippen molar-refractivity contribution in [1.29, 1.82) is 0 Å². The summed E-state index contributed by atoms with van der Waals surface area (Å²) in [6.45, 7) is 5.99. The Kier molecular flexibility index (Phi) is 4.36. The number of anilines is 1. The van der Waals surface area contributed by atoms with Crippen molar-refractivity contribution in [3.05, 3.63) is 11.6 Å². The Labute approximate surface area is 123 Å². The molecule has 0 aliphatic rings. The van der Waals surface area contributed by atoms with Gasteiger partial charge in [-0.15, -0.1) is 11.3 Å². The first-order chi connectivity index (χ1) is 9.40. The van der Waals surface area contributed by atoms with Crippen LogP contribution in [0.3, 0.4) is 0 Å². The summed E-state index contributed by atoms with van der Waals surface area (Å²) in [4.78, 5) is 4.95. The average Bonchev–Trinajstić information content (AvgIpc) is 2.94. The molecule has 112 valence electrons. The molecule has 0 saturated carbocycles. The van der Waals surface area contributed by atoms with Crippen molar-refractivity contribution in [3.8, 4) is 0 Å². The number of imidazole rings is 1. The topological polar surface area (TPSA) is 75.5 Å². The maximum Gasteiger partial charge on any atom is 0.260 e. The van der Waals surface area contributed by atoms with Crippen LogP contribution in [0.25, 0.3) is 4.96 Å². The van der Waals surface area contributed by atoms with Crippen molar-refractivity contribution in [3.63, 3.8) is 0 Å². The van der Waals surface area contributed by atoms with Crippen molar-refractivity contribution in [2.45, 2.75) is 38.3 Å². The van der Waals surface area contributed by atoms with Crippen LogP contribution in [0.2, 0.25) is 0 Å². The smallest absolute Gasteiger partial charge is 0.260 e. The summed E-state index contributed by atoms with van der Waals surface area (Å²) in [6, 6.07) is -0.0890. The number of rotatable bonds is 6. The van der Waals surface area contributed by atoms with Crippen LogP contribution < -0.4 is 10.0 Å². The van der Waals surface area contributed by atoms with Gasteiger partial charge in [0.2, 0.25) is 0 Å². The van der Waals surface area contributed by atoms with Gasteiger partial charge in [-0.2, -0.15) is 0 Å². The van der Waals surface area contributed by atoms with E-state index < -0.39 is 10.0 Å². The summed E-state index contributed by atoms with van der Waals surface area (Å²) in [5, 5.41) is 4.85. The Morgan fingerprint density at radius 1 is 1.45 bits per heavy atom. The molecule has 1 atom stereocenters. The fourth-order valence-corrected chi connectivity index (χ4v) is 4.66. The Bertz CT molecular complexity index is 687. The first kappa shape index (κ1) is 15.3. The van der Waals surface area contributed by atoms with E-state index in [-0.39, 0.29) is 17.0 Å². The van der Waals surface area contributed by atoms with Gasteiger partial charge in [0.25, 0.3) is 10.0 Å². The first-order valence-electron chi connectivity index (χ1n) is 6.56. The fraction of sp³-hybridized carbons (Fsp3) is 0.583. The molecule has 0 aliphatic heterocycles. The molecule has 0 radical (unpaired) electrons. The van der Waals surface area contributed by atoms with Crippen LogP contribution in [0, 0.1) is 5.92 Å². The Balaban J connectivity index is 2.48. The second-order valence-electron chi connectivity index (χ2n) is 4.95. The molecule has 0 spiro atoms. The van der Waals surface area contributed by atoms with Crippen LogP contribution in [0.4, 0.5) is 5.82 Å². The highest BCUT2D eigenvalue weighted by Gasteiger charge is 2.28. The van der Waals surface area contributed by atoms with Crippen LogP contribution >= 0.6 is 11.3 Å². The molecule has 2 heterocycles. The number of hydrogen-bond acceptors (Lipinski definition) is 5. The van der Waals surface area contributed by atoms with Crippen molar-refractivity contribution >= 4 is 32.1 Å². The lowest BCUT2D eigenvalue weighted by Crippen LogP contribution is -2.38. The number of nitrogens with zero attached hydrogens (tertiary/aromatic N) is 2. The van der Waals surface area contributed by atoms with E-state index in [4.69, 9.17) is 0 Å². The van der Waals surface area contributed by atoms with Crippen LogP contribution in [0.1, 0.15) is 27.2 Å².